The van der Waals surface area contributed by atoms with Gasteiger partial charge in [0, 0.05) is 17.1 Å². The van der Waals surface area contributed by atoms with Crippen LogP contribution in [0, 0.1) is 5.92 Å². The summed E-state index contributed by atoms with van der Waals surface area (Å²) in [4.78, 5) is 24.9. The Labute approximate surface area is 152 Å². The third-order valence-corrected chi connectivity index (χ3v) is 4.33. The number of alkyl carbamates (subject to hydrolysis) is 1. The lowest BCUT2D eigenvalue weighted by molar-refractivity contribution is -0.123. The summed E-state index contributed by atoms with van der Waals surface area (Å²) in [6, 6.07) is 17.3. The van der Waals surface area contributed by atoms with Gasteiger partial charge in [-0.15, -0.1) is 11.8 Å². The fourth-order valence-corrected chi connectivity index (χ4v) is 2.46. The van der Waals surface area contributed by atoms with Gasteiger partial charge in [0.05, 0.1) is 5.92 Å². The lowest BCUT2D eigenvalue weighted by Gasteiger charge is -2.13. The van der Waals surface area contributed by atoms with Gasteiger partial charge in [-0.05, 0) is 36.1 Å². The Hall–Kier alpha value is -2.47. The highest BCUT2D eigenvalue weighted by Crippen LogP contribution is 2.17. The van der Waals surface area contributed by atoms with E-state index in [1.807, 2.05) is 60.9 Å². The highest BCUT2D eigenvalue weighted by Gasteiger charge is 2.16. The highest BCUT2D eigenvalue weighted by atomic mass is 32.2. The minimum Gasteiger partial charge on any atom is -0.444 e. The number of ether oxygens (including phenoxy) is 1. The first-order valence-corrected chi connectivity index (χ1v) is 9.20. The average Bonchev–Trinajstić information content (AvgIpc) is 2.65. The van der Waals surface area contributed by atoms with Crippen LogP contribution in [0.5, 0.6) is 0 Å². The number of benzene rings is 2. The molecule has 0 aliphatic carbocycles. The summed E-state index contributed by atoms with van der Waals surface area (Å²) >= 11 is 1.67. The van der Waals surface area contributed by atoms with Gasteiger partial charge >= 0.3 is 6.09 Å². The van der Waals surface area contributed by atoms with Crippen molar-refractivity contribution in [1.29, 1.82) is 0 Å². The molecule has 0 saturated carbocycles. The molecule has 132 valence electrons. The second-order valence-electron chi connectivity index (χ2n) is 5.56. The van der Waals surface area contributed by atoms with Crippen molar-refractivity contribution >= 4 is 29.4 Å². The zero-order chi connectivity index (χ0) is 18.1. The second kappa shape index (κ2) is 9.74. The van der Waals surface area contributed by atoms with Gasteiger partial charge in [0.25, 0.3) is 0 Å². The molecular weight excluding hydrogens is 336 g/mol. The number of carbonyl (C=O) groups is 2. The van der Waals surface area contributed by atoms with E-state index in [0.717, 1.165) is 11.3 Å². The van der Waals surface area contributed by atoms with Crippen LogP contribution in [-0.2, 0) is 16.1 Å². The lowest BCUT2D eigenvalue weighted by Crippen LogP contribution is -2.37. The van der Waals surface area contributed by atoms with Gasteiger partial charge in [0.1, 0.15) is 6.61 Å². The quantitative estimate of drug-likeness (QED) is 0.735. The third kappa shape index (κ3) is 6.51. The van der Waals surface area contributed by atoms with Crippen molar-refractivity contribution in [2.24, 2.45) is 5.92 Å². The molecule has 0 radical (unpaired) electrons. The first-order chi connectivity index (χ1) is 12.1. The summed E-state index contributed by atoms with van der Waals surface area (Å²) in [5.41, 5.74) is 1.80. The van der Waals surface area contributed by atoms with E-state index >= 15 is 0 Å². The standard InChI is InChI=1S/C19H22N2O3S/c1-14(12-20-16-8-10-17(25-2)11-9-16)18(22)21-19(23)24-13-15-6-4-3-5-7-15/h3-11,14,20H,12-13H2,1-2H3,(H,21,22,23)/t14-/m1/s1. The van der Waals surface area contributed by atoms with Crippen molar-refractivity contribution in [2.75, 3.05) is 18.1 Å². The number of thioether (sulfide) groups is 1. The Kier molecular flexibility index (Phi) is 7.35. The van der Waals surface area contributed by atoms with E-state index in [9.17, 15) is 9.59 Å². The smallest absolute Gasteiger partial charge is 0.414 e. The molecule has 0 saturated heterocycles. The molecule has 0 fully saturated rings. The summed E-state index contributed by atoms with van der Waals surface area (Å²) < 4.78 is 5.04. The fourth-order valence-electron chi connectivity index (χ4n) is 2.06. The van der Waals surface area contributed by atoms with Crippen LogP contribution in [0.4, 0.5) is 10.5 Å². The maximum atomic E-state index is 12.0. The van der Waals surface area contributed by atoms with Crippen LogP contribution >= 0.6 is 11.8 Å². The van der Waals surface area contributed by atoms with Crippen LogP contribution in [-0.4, -0.2) is 24.8 Å². The molecule has 6 heteroatoms. The maximum absolute atomic E-state index is 12.0. The Bertz CT molecular complexity index is 690. The van der Waals surface area contributed by atoms with E-state index in [-0.39, 0.29) is 18.4 Å². The molecule has 1 atom stereocenters. The van der Waals surface area contributed by atoms with Crippen molar-refractivity contribution in [3.8, 4) is 0 Å². The minimum absolute atomic E-state index is 0.133. The van der Waals surface area contributed by atoms with Crippen LogP contribution < -0.4 is 10.6 Å². The molecule has 5 nitrogen and oxygen atoms in total. The Morgan fingerprint density at radius 3 is 2.40 bits per heavy atom. The van der Waals surface area contributed by atoms with Gasteiger partial charge in [0.15, 0.2) is 0 Å². The largest absolute Gasteiger partial charge is 0.444 e. The van der Waals surface area contributed by atoms with E-state index in [1.165, 1.54) is 4.90 Å². The van der Waals surface area contributed by atoms with Crippen LogP contribution in [0.25, 0.3) is 0 Å². The predicted octanol–water partition coefficient (Wildman–Crippen LogP) is 3.91. The number of imide groups is 1. The molecule has 2 rings (SSSR count). The molecule has 0 aliphatic rings. The van der Waals surface area contributed by atoms with Crippen molar-refractivity contribution in [3.05, 3.63) is 60.2 Å². The summed E-state index contributed by atoms with van der Waals surface area (Å²) in [6.07, 6.45) is 1.29. The van der Waals surface area contributed by atoms with Gasteiger partial charge < -0.3 is 10.1 Å². The summed E-state index contributed by atoms with van der Waals surface area (Å²) in [5.74, 6) is -0.740. The van der Waals surface area contributed by atoms with Gasteiger partial charge in [-0.1, -0.05) is 37.3 Å². The van der Waals surface area contributed by atoms with E-state index in [1.54, 1.807) is 18.7 Å². The number of rotatable bonds is 7. The van der Waals surface area contributed by atoms with Crippen LogP contribution in [0.15, 0.2) is 59.5 Å². The number of hydrogen-bond acceptors (Lipinski definition) is 5. The SMILES string of the molecule is CSc1ccc(NC[C@@H](C)C(=O)NC(=O)OCc2ccccc2)cc1. The molecule has 0 aromatic heterocycles. The number of hydrogen-bond donors (Lipinski definition) is 2. The molecule has 0 bridgehead atoms. The molecule has 0 aliphatic heterocycles. The Morgan fingerprint density at radius 2 is 1.76 bits per heavy atom. The van der Waals surface area contributed by atoms with E-state index in [0.29, 0.717) is 6.54 Å². The monoisotopic (exact) mass is 358 g/mol. The van der Waals surface area contributed by atoms with Gasteiger partial charge in [-0.25, -0.2) is 4.79 Å². The first kappa shape index (κ1) is 18.9. The summed E-state index contributed by atoms with van der Waals surface area (Å²) in [5, 5.41) is 5.45. The van der Waals surface area contributed by atoms with Crippen molar-refractivity contribution in [1.82, 2.24) is 5.32 Å². The summed E-state index contributed by atoms with van der Waals surface area (Å²) in [6.45, 7) is 2.31. The van der Waals surface area contributed by atoms with E-state index in [2.05, 4.69) is 10.6 Å². The zero-order valence-corrected chi connectivity index (χ0v) is 15.1. The molecule has 2 aromatic rings. The van der Waals surface area contributed by atoms with Crippen LogP contribution in [0.1, 0.15) is 12.5 Å². The van der Waals surface area contributed by atoms with Gasteiger partial charge in [-0.3, -0.25) is 10.1 Å². The fraction of sp³-hybridized carbons (Fsp3) is 0.263. The molecule has 25 heavy (non-hydrogen) atoms. The minimum atomic E-state index is -0.731. The Morgan fingerprint density at radius 1 is 1.08 bits per heavy atom. The van der Waals surface area contributed by atoms with Gasteiger partial charge in [0.2, 0.25) is 5.91 Å². The predicted molar refractivity (Wildman–Crippen MR) is 101 cm³/mol. The normalized spacial score (nSPS) is 11.4. The lowest BCUT2D eigenvalue weighted by atomic mass is 10.1. The van der Waals surface area contributed by atoms with E-state index in [4.69, 9.17) is 4.74 Å². The molecular formula is C19H22N2O3S. The number of carbonyl (C=O) groups excluding carboxylic acids is 2. The van der Waals surface area contributed by atoms with Crippen LogP contribution in [0.3, 0.4) is 0 Å². The molecule has 2 N–H and O–H groups in total. The zero-order valence-electron chi connectivity index (χ0n) is 14.3. The molecule has 2 amide bonds. The van der Waals surface area contributed by atoms with Gasteiger partial charge in [-0.2, -0.15) is 0 Å². The second-order valence-corrected chi connectivity index (χ2v) is 6.44. The van der Waals surface area contributed by atoms with Crippen molar-refractivity contribution < 1.29 is 14.3 Å². The third-order valence-electron chi connectivity index (χ3n) is 3.59. The number of anilines is 1. The topological polar surface area (TPSA) is 67.4 Å². The maximum Gasteiger partial charge on any atom is 0.414 e. The molecule has 0 unspecified atom stereocenters. The number of amides is 2. The Balaban J connectivity index is 1.72. The molecule has 2 aromatic carbocycles. The first-order valence-electron chi connectivity index (χ1n) is 7.98. The summed E-state index contributed by atoms with van der Waals surface area (Å²) in [7, 11) is 0. The molecule has 0 spiro atoms. The molecule has 0 heterocycles. The number of nitrogens with one attached hydrogen (secondary N) is 2. The van der Waals surface area contributed by atoms with Crippen molar-refractivity contribution in [3.63, 3.8) is 0 Å². The highest BCUT2D eigenvalue weighted by molar-refractivity contribution is 7.98. The average molecular weight is 358 g/mol. The van der Waals surface area contributed by atoms with E-state index < -0.39 is 6.09 Å². The van der Waals surface area contributed by atoms with Crippen molar-refractivity contribution in [2.45, 2.75) is 18.4 Å². The van der Waals surface area contributed by atoms with Crippen LogP contribution in [0.2, 0.25) is 0 Å².